The topological polar surface area (TPSA) is 55.7 Å². The monoisotopic (exact) mass is 266 g/mol. The van der Waals surface area contributed by atoms with E-state index in [2.05, 4.69) is 24.1 Å². The summed E-state index contributed by atoms with van der Waals surface area (Å²) in [5, 5.41) is 22.3. The third kappa shape index (κ3) is 4.40. The highest BCUT2D eigenvalue weighted by atomic mass is 16.3. The Bertz CT molecular complexity index is 382. The number of aromatic hydroxyl groups is 1. The smallest absolute Gasteiger partial charge is 0.122 e. The van der Waals surface area contributed by atoms with Gasteiger partial charge in [0, 0.05) is 43.1 Å². The third-order valence-corrected chi connectivity index (χ3v) is 3.32. The van der Waals surface area contributed by atoms with Crippen molar-refractivity contribution in [1.82, 2.24) is 5.32 Å². The predicted molar refractivity (Wildman–Crippen MR) is 79.8 cm³/mol. The first kappa shape index (κ1) is 15.8. The maximum atomic E-state index is 10.1. The summed E-state index contributed by atoms with van der Waals surface area (Å²) >= 11 is 0. The first-order valence-corrected chi connectivity index (χ1v) is 7.06. The van der Waals surface area contributed by atoms with E-state index in [-0.39, 0.29) is 12.6 Å². The van der Waals surface area contributed by atoms with E-state index in [1.54, 1.807) is 0 Å². The van der Waals surface area contributed by atoms with Crippen LogP contribution < -0.4 is 10.2 Å². The van der Waals surface area contributed by atoms with Crippen LogP contribution in [-0.4, -0.2) is 36.5 Å². The van der Waals surface area contributed by atoms with Gasteiger partial charge in [0.25, 0.3) is 0 Å². The summed E-state index contributed by atoms with van der Waals surface area (Å²) in [6, 6.07) is 5.96. The second-order valence-electron chi connectivity index (χ2n) is 4.68. The number of phenolic OH excluding ortho intramolecular Hbond substituents is 1. The van der Waals surface area contributed by atoms with E-state index in [9.17, 15) is 5.11 Å². The molecule has 0 saturated heterocycles. The molecule has 0 aliphatic carbocycles. The van der Waals surface area contributed by atoms with Gasteiger partial charge in [0.2, 0.25) is 0 Å². The lowest BCUT2D eigenvalue weighted by Gasteiger charge is -2.24. The highest BCUT2D eigenvalue weighted by molar-refractivity contribution is 5.54. The number of aliphatic hydroxyl groups is 1. The van der Waals surface area contributed by atoms with Crippen molar-refractivity contribution in [2.75, 3.05) is 31.1 Å². The maximum absolute atomic E-state index is 10.1. The molecule has 4 nitrogen and oxygen atoms in total. The van der Waals surface area contributed by atoms with Crippen molar-refractivity contribution in [2.45, 2.75) is 33.2 Å². The molecule has 0 fully saturated rings. The van der Waals surface area contributed by atoms with Gasteiger partial charge in [-0.2, -0.15) is 0 Å². The van der Waals surface area contributed by atoms with E-state index in [4.69, 9.17) is 5.11 Å². The number of benzene rings is 1. The van der Waals surface area contributed by atoms with Gasteiger partial charge in [-0.15, -0.1) is 0 Å². The van der Waals surface area contributed by atoms with Crippen LogP contribution in [0.5, 0.6) is 5.75 Å². The molecule has 1 aromatic rings. The second kappa shape index (κ2) is 8.02. The fourth-order valence-corrected chi connectivity index (χ4v) is 2.24. The van der Waals surface area contributed by atoms with Gasteiger partial charge in [-0.25, -0.2) is 0 Å². The number of hydrogen-bond acceptors (Lipinski definition) is 4. The number of rotatable bonds is 8. The number of nitrogens with zero attached hydrogens (tertiary/aromatic N) is 1. The van der Waals surface area contributed by atoms with Crippen LogP contribution in [-0.2, 0) is 0 Å². The summed E-state index contributed by atoms with van der Waals surface area (Å²) in [4.78, 5) is 2.15. The Morgan fingerprint density at radius 2 is 2.05 bits per heavy atom. The molecule has 0 bridgehead atoms. The van der Waals surface area contributed by atoms with Gasteiger partial charge in [-0.1, -0.05) is 13.0 Å². The summed E-state index contributed by atoms with van der Waals surface area (Å²) in [6.07, 6.45) is 0.740. The first-order chi connectivity index (χ1) is 9.13. The minimum Gasteiger partial charge on any atom is -0.508 e. The Balaban J connectivity index is 2.85. The summed E-state index contributed by atoms with van der Waals surface area (Å²) < 4.78 is 0. The van der Waals surface area contributed by atoms with Crippen LogP contribution in [0.25, 0.3) is 0 Å². The van der Waals surface area contributed by atoms with Crippen molar-refractivity contribution in [3.63, 3.8) is 0 Å². The second-order valence-corrected chi connectivity index (χ2v) is 4.68. The van der Waals surface area contributed by atoms with Crippen molar-refractivity contribution < 1.29 is 10.2 Å². The Morgan fingerprint density at radius 1 is 1.32 bits per heavy atom. The van der Waals surface area contributed by atoms with Gasteiger partial charge in [0.05, 0.1) is 0 Å². The van der Waals surface area contributed by atoms with Crippen LogP contribution >= 0.6 is 0 Å². The molecule has 0 aliphatic rings. The molecule has 4 heteroatoms. The number of aliphatic hydroxyl groups excluding tert-OH is 1. The predicted octanol–water partition coefficient (Wildman–Crippen LogP) is 2.27. The molecule has 0 saturated carbocycles. The van der Waals surface area contributed by atoms with E-state index in [1.165, 1.54) is 0 Å². The van der Waals surface area contributed by atoms with Crippen LogP contribution in [0.1, 0.15) is 38.8 Å². The van der Waals surface area contributed by atoms with Gasteiger partial charge in [0.15, 0.2) is 0 Å². The first-order valence-electron chi connectivity index (χ1n) is 7.06. The van der Waals surface area contributed by atoms with Gasteiger partial charge >= 0.3 is 0 Å². The average molecular weight is 266 g/mol. The van der Waals surface area contributed by atoms with E-state index in [1.807, 2.05) is 25.1 Å². The van der Waals surface area contributed by atoms with Gasteiger partial charge < -0.3 is 20.4 Å². The lowest BCUT2D eigenvalue weighted by Crippen LogP contribution is -2.24. The molecule has 0 aromatic heterocycles. The van der Waals surface area contributed by atoms with E-state index >= 15 is 0 Å². The molecular weight excluding hydrogens is 240 g/mol. The summed E-state index contributed by atoms with van der Waals surface area (Å²) in [5.74, 6) is 0.327. The maximum Gasteiger partial charge on any atom is 0.122 e. The molecule has 0 spiro atoms. The summed E-state index contributed by atoms with van der Waals surface area (Å²) in [5.41, 5.74) is 1.92. The Kier molecular flexibility index (Phi) is 6.67. The Labute approximate surface area is 116 Å². The highest BCUT2D eigenvalue weighted by Gasteiger charge is 2.12. The van der Waals surface area contributed by atoms with E-state index < -0.39 is 0 Å². The summed E-state index contributed by atoms with van der Waals surface area (Å²) in [7, 11) is 0. The lowest BCUT2D eigenvalue weighted by atomic mass is 10.1. The van der Waals surface area contributed by atoms with Crippen molar-refractivity contribution >= 4 is 5.69 Å². The molecule has 1 atom stereocenters. The van der Waals surface area contributed by atoms with Crippen LogP contribution in [0.15, 0.2) is 18.2 Å². The fourth-order valence-electron chi connectivity index (χ4n) is 2.24. The molecule has 0 amide bonds. The van der Waals surface area contributed by atoms with Gasteiger partial charge in [0.1, 0.15) is 5.75 Å². The quantitative estimate of drug-likeness (QED) is 0.675. The largest absolute Gasteiger partial charge is 0.508 e. The van der Waals surface area contributed by atoms with E-state index in [0.29, 0.717) is 5.75 Å². The van der Waals surface area contributed by atoms with Gasteiger partial charge in [-0.05, 0) is 32.9 Å². The fraction of sp³-hybridized carbons (Fsp3) is 0.600. The van der Waals surface area contributed by atoms with Crippen LogP contribution in [0.3, 0.4) is 0 Å². The molecule has 0 aliphatic heterocycles. The number of anilines is 1. The SMILES string of the molecule is CCNC(C)c1ccc(N(CC)CCCO)cc1O. The molecule has 1 aromatic carbocycles. The highest BCUT2D eigenvalue weighted by Crippen LogP contribution is 2.29. The zero-order valence-electron chi connectivity index (χ0n) is 12.2. The Morgan fingerprint density at radius 3 is 2.58 bits per heavy atom. The minimum absolute atomic E-state index is 0.145. The standard InChI is InChI=1S/C15H26N2O2/c1-4-16-12(3)14-8-7-13(11-15(14)19)17(5-2)9-6-10-18/h7-8,11-12,16,18-19H,4-6,9-10H2,1-3H3. The molecule has 0 heterocycles. The third-order valence-electron chi connectivity index (χ3n) is 3.32. The zero-order chi connectivity index (χ0) is 14.3. The summed E-state index contributed by atoms with van der Waals surface area (Å²) in [6.45, 7) is 8.90. The molecule has 1 rings (SSSR count). The van der Waals surface area contributed by atoms with Crippen molar-refractivity contribution in [3.8, 4) is 5.75 Å². The molecule has 3 N–H and O–H groups in total. The number of hydrogen-bond donors (Lipinski definition) is 3. The lowest BCUT2D eigenvalue weighted by molar-refractivity contribution is 0.289. The Hall–Kier alpha value is -1.26. The van der Waals surface area contributed by atoms with Crippen molar-refractivity contribution in [2.24, 2.45) is 0 Å². The normalized spacial score (nSPS) is 12.4. The number of phenols is 1. The van der Waals surface area contributed by atoms with Crippen molar-refractivity contribution in [1.29, 1.82) is 0 Å². The van der Waals surface area contributed by atoms with E-state index in [0.717, 1.165) is 37.3 Å². The molecule has 0 radical (unpaired) electrons. The minimum atomic E-state index is 0.145. The molecule has 108 valence electrons. The molecular formula is C15H26N2O2. The zero-order valence-corrected chi connectivity index (χ0v) is 12.2. The van der Waals surface area contributed by atoms with Gasteiger partial charge in [-0.3, -0.25) is 0 Å². The van der Waals surface area contributed by atoms with Crippen LogP contribution in [0, 0.1) is 0 Å². The molecule has 19 heavy (non-hydrogen) atoms. The molecule has 1 unspecified atom stereocenters. The van der Waals surface area contributed by atoms with Crippen LogP contribution in [0.4, 0.5) is 5.69 Å². The van der Waals surface area contributed by atoms with Crippen LogP contribution in [0.2, 0.25) is 0 Å². The number of nitrogens with one attached hydrogen (secondary N) is 1. The average Bonchev–Trinajstić information content (AvgIpc) is 2.40. The van der Waals surface area contributed by atoms with Crippen molar-refractivity contribution in [3.05, 3.63) is 23.8 Å².